The number of carbonyl (C=O) groups is 1. The summed E-state index contributed by atoms with van der Waals surface area (Å²) in [7, 11) is 0. The minimum atomic E-state index is -4.69. The summed E-state index contributed by atoms with van der Waals surface area (Å²) < 4.78 is 40.5. The molecule has 0 aliphatic carbocycles. The molecule has 0 saturated carbocycles. The third-order valence-corrected chi connectivity index (χ3v) is 3.81. The average Bonchev–Trinajstić information content (AvgIpc) is 2.83. The van der Waals surface area contributed by atoms with E-state index in [1.165, 1.54) is 6.07 Å². The summed E-state index contributed by atoms with van der Waals surface area (Å²) in [4.78, 5) is 12.7. The van der Waals surface area contributed by atoms with Crippen LogP contribution in [0.3, 0.4) is 0 Å². The van der Waals surface area contributed by atoms with Gasteiger partial charge in [0.2, 0.25) is 0 Å². The number of halogens is 4. The van der Waals surface area contributed by atoms with Crippen molar-refractivity contribution in [1.29, 1.82) is 0 Å². The van der Waals surface area contributed by atoms with Gasteiger partial charge in [0.1, 0.15) is 0 Å². The number of hydrogen-bond acceptors (Lipinski definition) is 2. The molecule has 0 spiro atoms. The number of nitrogens with zero attached hydrogens (tertiary/aromatic N) is 2. The number of hydrogen-bond donors (Lipinski definition) is 0. The van der Waals surface area contributed by atoms with Crippen molar-refractivity contribution >= 4 is 28.4 Å². The van der Waals surface area contributed by atoms with E-state index >= 15 is 0 Å². The van der Waals surface area contributed by atoms with Crippen LogP contribution in [0.2, 0.25) is 5.02 Å². The number of carbonyl (C=O) groups excluding carboxylic acids is 1. The van der Waals surface area contributed by atoms with Crippen LogP contribution in [-0.2, 0) is 6.18 Å². The summed E-state index contributed by atoms with van der Waals surface area (Å²) in [6, 6.07) is 10.1. The molecule has 0 saturated heterocycles. The van der Waals surface area contributed by atoms with Gasteiger partial charge in [0.15, 0.2) is 0 Å². The van der Waals surface area contributed by atoms with Crippen molar-refractivity contribution in [3.05, 3.63) is 64.3 Å². The molecule has 7 heteroatoms. The minimum Gasteiger partial charge on any atom is -0.267 e. The van der Waals surface area contributed by atoms with Gasteiger partial charge in [-0.25, -0.2) is 0 Å². The van der Waals surface area contributed by atoms with Crippen molar-refractivity contribution in [2.75, 3.05) is 0 Å². The molecular formula is C16H10ClF3N2O. The van der Waals surface area contributed by atoms with Crippen molar-refractivity contribution in [3.8, 4) is 0 Å². The number of fused-ring (bicyclic) bond motifs is 1. The van der Waals surface area contributed by atoms with Crippen molar-refractivity contribution < 1.29 is 18.0 Å². The van der Waals surface area contributed by atoms with Crippen LogP contribution >= 0.6 is 11.6 Å². The van der Waals surface area contributed by atoms with Crippen LogP contribution in [0.15, 0.2) is 42.5 Å². The molecule has 0 fully saturated rings. The summed E-state index contributed by atoms with van der Waals surface area (Å²) in [5, 5.41) is 4.51. The number of aromatic nitrogens is 2. The Kier molecular flexibility index (Phi) is 3.64. The normalized spacial score (nSPS) is 11.9. The van der Waals surface area contributed by atoms with E-state index in [0.29, 0.717) is 16.6 Å². The van der Waals surface area contributed by atoms with Gasteiger partial charge in [0.25, 0.3) is 5.91 Å². The Hall–Kier alpha value is -2.34. The molecule has 1 heterocycles. The van der Waals surface area contributed by atoms with E-state index in [0.717, 1.165) is 16.8 Å². The highest BCUT2D eigenvalue weighted by atomic mass is 35.5. The van der Waals surface area contributed by atoms with Crippen molar-refractivity contribution in [2.45, 2.75) is 13.1 Å². The van der Waals surface area contributed by atoms with Gasteiger partial charge < -0.3 is 0 Å². The fraction of sp³-hybridized carbons (Fsp3) is 0.125. The van der Waals surface area contributed by atoms with Crippen LogP contribution in [-0.4, -0.2) is 15.7 Å². The maximum atomic E-state index is 13.2. The SMILES string of the molecule is Cc1nn(C(=O)c2c(Cl)cccc2C(F)(F)F)c2ccccc12. The Morgan fingerprint density at radius 3 is 2.52 bits per heavy atom. The predicted molar refractivity (Wildman–Crippen MR) is 80.7 cm³/mol. The quantitative estimate of drug-likeness (QED) is 0.644. The molecule has 0 aliphatic rings. The van der Waals surface area contributed by atoms with Crippen LogP contribution in [0.25, 0.3) is 10.9 Å². The zero-order valence-corrected chi connectivity index (χ0v) is 12.6. The molecule has 0 atom stereocenters. The topological polar surface area (TPSA) is 34.9 Å². The zero-order chi connectivity index (χ0) is 16.8. The lowest BCUT2D eigenvalue weighted by Gasteiger charge is -2.13. The van der Waals surface area contributed by atoms with Gasteiger partial charge in [-0.2, -0.15) is 23.0 Å². The Balaban J connectivity index is 2.25. The highest BCUT2D eigenvalue weighted by Gasteiger charge is 2.37. The summed E-state index contributed by atoms with van der Waals surface area (Å²) in [6.45, 7) is 1.68. The van der Waals surface area contributed by atoms with Gasteiger partial charge in [-0.3, -0.25) is 4.79 Å². The lowest BCUT2D eigenvalue weighted by atomic mass is 10.1. The van der Waals surface area contributed by atoms with Gasteiger partial charge in [-0.15, -0.1) is 0 Å². The monoisotopic (exact) mass is 338 g/mol. The van der Waals surface area contributed by atoms with Gasteiger partial charge in [-0.05, 0) is 25.1 Å². The van der Waals surface area contributed by atoms with Crippen molar-refractivity contribution in [1.82, 2.24) is 9.78 Å². The van der Waals surface area contributed by atoms with Crippen molar-refractivity contribution in [3.63, 3.8) is 0 Å². The Bertz CT molecular complexity index is 915. The fourth-order valence-corrected chi connectivity index (χ4v) is 2.72. The van der Waals surface area contributed by atoms with E-state index in [2.05, 4.69) is 5.10 Å². The lowest BCUT2D eigenvalue weighted by Crippen LogP contribution is -2.20. The largest absolute Gasteiger partial charge is 0.417 e. The lowest BCUT2D eigenvalue weighted by molar-refractivity contribution is -0.137. The van der Waals surface area contributed by atoms with E-state index in [9.17, 15) is 18.0 Å². The maximum Gasteiger partial charge on any atom is 0.417 e. The van der Waals surface area contributed by atoms with Gasteiger partial charge in [0.05, 0.1) is 27.4 Å². The fourth-order valence-electron chi connectivity index (χ4n) is 2.46. The van der Waals surface area contributed by atoms with Crippen LogP contribution < -0.4 is 0 Å². The molecule has 3 rings (SSSR count). The Morgan fingerprint density at radius 2 is 1.83 bits per heavy atom. The Morgan fingerprint density at radius 1 is 1.13 bits per heavy atom. The smallest absolute Gasteiger partial charge is 0.267 e. The second-order valence-corrected chi connectivity index (χ2v) is 5.39. The van der Waals surface area contributed by atoms with E-state index < -0.39 is 23.2 Å². The van der Waals surface area contributed by atoms with E-state index in [1.54, 1.807) is 31.2 Å². The molecule has 0 radical (unpaired) electrons. The van der Waals surface area contributed by atoms with Crippen LogP contribution in [0.1, 0.15) is 21.6 Å². The van der Waals surface area contributed by atoms with Gasteiger partial charge in [-0.1, -0.05) is 35.9 Å². The first-order valence-electron chi connectivity index (χ1n) is 6.65. The highest BCUT2D eigenvalue weighted by molar-refractivity contribution is 6.34. The number of benzene rings is 2. The molecule has 0 amide bonds. The maximum absolute atomic E-state index is 13.2. The van der Waals surface area contributed by atoms with Crippen LogP contribution in [0, 0.1) is 6.92 Å². The molecule has 118 valence electrons. The first kappa shape index (κ1) is 15.6. The summed E-state index contributed by atoms with van der Waals surface area (Å²) in [5.74, 6) is -0.910. The first-order chi connectivity index (χ1) is 10.8. The minimum absolute atomic E-state index is 0.262. The molecule has 3 nitrogen and oxygen atoms in total. The molecule has 0 N–H and O–H groups in total. The van der Waals surface area contributed by atoms with Crippen LogP contribution in [0.5, 0.6) is 0 Å². The standard InChI is InChI=1S/C16H10ClF3N2O/c1-9-10-5-2-3-8-13(10)22(21-9)15(23)14-11(16(18,19)20)6-4-7-12(14)17/h2-8H,1H3. The van der Waals surface area contributed by atoms with E-state index in [4.69, 9.17) is 11.6 Å². The summed E-state index contributed by atoms with van der Waals surface area (Å²) >= 11 is 5.88. The number of para-hydroxylation sites is 1. The second-order valence-electron chi connectivity index (χ2n) is 4.98. The van der Waals surface area contributed by atoms with Gasteiger partial charge in [0, 0.05) is 5.39 Å². The molecular weight excluding hydrogens is 329 g/mol. The summed E-state index contributed by atoms with van der Waals surface area (Å²) in [6.07, 6.45) is -4.69. The first-order valence-corrected chi connectivity index (χ1v) is 7.03. The average molecular weight is 339 g/mol. The van der Waals surface area contributed by atoms with Crippen LogP contribution in [0.4, 0.5) is 13.2 Å². The molecule has 0 unspecified atom stereocenters. The molecule has 3 aromatic rings. The molecule has 0 bridgehead atoms. The van der Waals surface area contributed by atoms with E-state index in [1.807, 2.05) is 0 Å². The number of aryl methyl sites for hydroxylation is 1. The highest BCUT2D eigenvalue weighted by Crippen LogP contribution is 2.35. The second kappa shape index (κ2) is 5.38. The van der Waals surface area contributed by atoms with Gasteiger partial charge >= 0.3 is 6.18 Å². The Labute approximate surface area is 134 Å². The number of rotatable bonds is 1. The molecule has 23 heavy (non-hydrogen) atoms. The molecule has 1 aromatic heterocycles. The zero-order valence-electron chi connectivity index (χ0n) is 11.9. The third-order valence-electron chi connectivity index (χ3n) is 3.50. The predicted octanol–water partition coefficient (Wildman–Crippen LogP) is 4.71. The van der Waals surface area contributed by atoms with E-state index in [-0.39, 0.29) is 5.02 Å². The molecule has 2 aromatic carbocycles. The molecule has 0 aliphatic heterocycles. The van der Waals surface area contributed by atoms with Crippen molar-refractivity contribution in [2.24, 2.45) is 0 Å². The summed E-state index contributed by atoms with van der Waals surface area (Å²) in [5.41, 5.74) is -0.695. The number of alkyl halides is 3. The third kappa shape index (κ3) is 2.59.